The average molecular weight is 339 g/mol. The number of hydrogen-bond donors (Lipinski definition) is 1. The Labute approximate surface area is 146 Å². The van der Waals surface area contributed by atoms with Gasteiger partial charge in [0, 0.05) is 17.8 Å². The monoisotopic (exact) mass is 339 g/mol. The fraction of sp³-hybridized carbons (Fsp3) is 0.300. The smallest absolute Gasteiger partial charge is 0.312 e. The van der Waals surface area contributed by atoms with Crippen molar-refractivity contribution in [3.8, 4) is 5.75 Å². The standard InChI is InChI=1S/C20H21NO4/c1-20(2,3)25-14-10-8-13(9-11-14)18(22)21-12-16(19(23)24)15-6-4-5-7-17(15)21/h4-11,16H,12H2,1-3H3,(H,23,24). The van der Waals surface area contributed by atoms with Gasteiger partial charge in [0.2, 0.25) is 0 Å². The van der Waals surface area contributed by atoms with Gasteiger partial charge in [-0.1, -0.05) is 18.2 Å². The number of rotatable bonds is 3. The molecule has 3 rings (SSSR count). The number of carboxylic acids is 1. The highest BCUT2D eigenvalue weighted by Crippen LogP contribution is 2.37. The third-order valence-electron chi connectivity index (χ3n) is 4.04. The van der Waals surface area contributed by atoms with Crippen molar-refractivity contribution in [1.82, 2.24) is 0 Å². The molecule has 1 unspecified atom stereocenters. The molecule has 1 heterocycles. The van der Waals surface area contributed by atoms with E-state index in [4.69, 9.17) is 4.74 Å². The maximum atomic E-state index is 12.9. The highest BCUT2D eigenvalue weighted by Gasteiger charge is 2.36. The van der Waals surface area contributed by atoms with Gasteiger partial charge in [-0.2, -0.15) is 0 Å². The molecule has 2 aromatic carbocycles. The summed E-state index contributed by atoms with van der Waals surface area (Å²) in [6, 6.07) is 14.1. The van der Waals surface area contributed by atoms with Crippen LogP contribution in [0.15, 0.2) is 48.5 Å². The van der Waals surface area contributed by atoms with E-state index >= 15 is 0 Å². The number of fused-ring (bicyclic) bond motifs is 1. The Morgan fingerprint density at radius 3 is 2.32 bits per heavy atom. The van der Waals surface area contributed by atoms with E-state index < -0.39 is 11.9 Å². The molecule has 0 aliphatic carbocycles. The lowest BCUT2D eigenvalue weighted by atomic mass is 10.0. The summed E-state index contributed by atoms with van der Waals surface area (Å²) in [6.45, 7) is 6.02. The van der Waals surface area contributed by atoms with Crippen LogP contribution in [0.3, 0.4) is 0 Å². The number of carboxylic acid groups (broad SMARTS) is 1. The lowest BCUT2D eigenvalue weighted by Gasteiger charge is -2.22. The first-order valence-corrected chi connectivity index (χ1v) is 8.19. The number of benzene rings is 2. The number of para-hydroxylation sites is 1. The summed E-state index contributed by atoms with van der Waals surface area (Å²) >= 11 is 0. The van der Waals surface area contributed by atoms with Crippen LogP contribution in [0.5, 0.6) is 5.75 Å². The number of aliphatic carboxylic acids is 1. The van der Waals surface area contributed by atoms with Gasteiger partial charge in [-0.3, -0.25) is 9.59 Å². The molecule has 0 bridgehead atoms. The molecule has 0 saturated carbocycles. The minimum absolute atomic E-state index is 0.147. The molecular formula is C20H21NO4. The zero-order chi connectivity index (χ0) is 18.2. The van der Waals surface area contributed by atoms with E-state index in [0.717, 1.165) is 0 Å². The lowest BCUT2D eigenvalue weighted by molar-refractivity contribution is -0.138. The van der Waals surface area contributed by atoms with Crippen molar-refractivity contribution in [3.05, 3.63) is 59.7 Å². The van der Waals surface area contributed by atoms with Crippen LogP contribution in [-0.4, -0.2) is 29.1 Å². The summed E-state index contributed by atoms with van der Waals surface area (Å²) in [6.07, 6.45) is 0. The van der Waals surface area contributed by atoms with E-state index in [-0.39, 0.29) is 18.1 Å². The second-order valence-corrected chi connectivity index (χ2v) is 7.10. The summed E-state index contributed by atoms with van der Waals surface area (Å²) in [7, 11) is 0. The van der Waals surface area contributed by atoms with E-state index in [0.29, 0.717) is 22.6 Å². The van der Waals surface area contributed by atoms with Crippen LogP contribution in [0.2, 0.25) is 0 Å². The van der Waals surface area contributed by atoms with Crippen LogP contribution in [0.25, 0.3) is 0 Å². The first kappa shape index (κ1) is 17.0. The molecule has 0 aromatic heterocycles. The molecule has 5 heteroatoms. The molecule has 130 valence electrons. The fourth-order valence-corrected chi connectivity index (χ4v) is 2.99. The molecule has 0 saturated heterocycles. The number of ether oxygens (including phenoxy) is 1. The second kappa shape index (κ2) is 6.24. The van der Waals surface area contributed by atoms with Crippen molar-refractivity contribution in [2.45, 2.75) is 32.3 Å². The molecule has 0 radical (unpaired) electrons. The van der Waals surface area contributed by atoms with Crippen LogP contribution < -0.4 is 9.64 Å². The van der Waals surface area contributed by atoms with Crippen molar-refractivity contribution in [2.75, 3.05) is 11.4 Å². The van der Waals surface area contributed by atoms with E-state index in [9.17, 15) is 14.7 Å². The quantitative estimate of drug-likeness (QED) is 0.926. The second-order valence-electron chi connectivity index (χ2n) is 7.10. The van der Waals surface area contributed by atoms with E-state index in [2.05, 4.69) is 0 Å². The molecule has 1 aliphatic rings. The van der Waals surface area contributed by atoms with E-state index in [1.54, 1.807) is 42.5 Å². The Balaban J connectivity index is 1.85. The maximum Gasteiger partial charge on any atom is 0.312 e. The van der Waals surface area contributed by atoms with E-state index in [1.807, 2.05) is 26.8 Å². The zero-order valence-electron chi connectivity index (χ0n) is 14.5. The largest absolute Gasteiger partial charge is 0.488 e. The van der Waals surface area contributed by atoms with Gasteiger partial charge in [0.05, 0.1) is 0 Å². The maximum absolute atomic E-state index is 12.9. The Kier molecular flexibility index (Phi) is 4.25. The third-order valence-corrected chi connectivity index (χ3v) is 4.04. The van der Waals surface area contributed by atoms with Crippen LogP contribution >= 0.6 is 0 Å². The Morgan fingerprint density at radius 2 is 1.72 bits per heavy atom. The van der Waals surface area contributed by atoms with Crippen molar-refractivity contribution in [1.29, 1.82) is 0 Å². The third kappa shape index (κ3) is 3.50. The Hall–Kier alpha value is -2.82. The van der Waals surface area contributed by atoms with Crippen LogP contribution in [0.1, 0.15) is 42.6 Å². The molecule has 1 aliphatic heterocycles. The van der Waals surface area contributed by atoms with Gasteiger partial charge in [0.1, 0.15) is 17.3 Å². The van der Waals surface area contributed by atoms with Gasteiger partial charge >= 0.3 is 5.97 Å². The average Bonchev–Trinajstić information content (AvgIpc) is 2.93. The normalized spacial score (nSPS) is 16.4. The van der Waals surface area contributed by atoms with Crippen molar-refractivity contribution >= 4 is 17.6 Å². The molecular weight excluding hydrogens is 318 g/mol. The van der Waals surface area contributed by atoms with Crippen LogP contribution in [0.4, 0.5) is 5.69 Å². The van der Waals surface area contributed by atoms with Gasteiger partial charge in [0.15, 0.2) is 0 Å². The number of anilines is 1. The molecule has 0 fully saturated rings. The van der Waals surface area contributed by atoms with Gasteiger partial charge in [0.25, 0.3) is 5.91 Å². The number of carbonyl (C=O) groups excluding carboxylic acids is 1. The summed E-state index contributed by atoms with van der Waals surface area (Å²) in [5.74, 6) is -1.13. The number of amides is 1. The van der Waals surface area contributed by atoms with Crippen molar-refractivity contribution in [3.63, 3.8) is 0 Å². The number of nitrogens with zero attached hydrogens (tertiary/aromatic N) is 1. The van der Waals surface area contributed by atoms with Gasteiger partial charge in [-0.05, 0) is 56.7 Å². The van der Waals surface area contributed by atoms with Crippen molar-refractivity contribution in [2.24, 2.45) is 0 Å². The lowest BCUT2D eigenvalue weighted by Crippen LogP contribution is -2.31. The molecule has 5 nitrogen and oxygen atoms in total. The van der Waals surface area contributed by atoms with Gasteiger partial charge in [-0.15, -0.1) is 0 Å². The van der Waals surface area contributed by atoms with Crippen LogP contribution in [0, 0.1) is 0 Å². The molecule has 2 aromatic rings. The summed E-state index contributed by atoms with van der Waals surface area (Å²) in [4.78, 5) is 25.9. The fourth-order valence-electron chi connectivity index (χ4n) is 2.99. The predicted molar refractivity (Wildman–Crippen MR) is 95.3 cm³/mol. The summed E-state index contributed by atoms with van der Waals surface area (Å²) < 4.78 is 5.76. The SMILES string of the molecule is CC(C)(C)Oc1ccc(C(=O)N2CC(C(=O)O)c3ccccc32)cc1. The van der Waals surface area contributed by atoms with Gasteiger partial charge in [-0.25, -0.2) is 0 Å². The Bertz CT molecular complexity index is 805. The molecule has 0 spiro atoms. The molecule has 1 atom stereocenters. The van der Waals surface area contributed by atoms with Gasteiger partial charge < -0.3 is 14.7 Å². The van der Waals surface area contributed by atoms with Crippen LogP contribution in [-0.2, 0) is 4.79 Å². The number of hydrogen-bond acceptors (Lipinski definition) is 3. The topological polar surface area (TPSA) is 66.8 Å². The van der Waals surface area contributed by atoms with Crippen molar-refractivity contribution < 1.29 is 19.4 Å². The minimum Gasteiger partial charge on any atom is -0.488 e. The molecule has 1 N–H and O–H groups in total. The summed E-state index contributed by atoms with van der Waals surface area (Å²) in [5, 5.41) is 9.42. The number of carbonyl (C=O) groups is 2. The minimum atomic E-state index is -0.920. The Morgan fingerprint density at radius 1 is 1.08 bits per heavy atom. The molecule has 25 heavy (non-hydrogen) atoms. The highest BCUT2D eigenvalue weighted by molar-refractivity contribution is 6.08. The summed E-state index contributed by atoms with van der Waals surface area (Å²) in [5.41, 5.74) is 1.53. The van der Waals surface area contributed by atoms with E-state index in [1.165, 1.54) is 4.90 Å². The first-order valence-electron chi connectivity index (χ1n) is 8.19. The predicted octanol–water partition coefficient (Wildman–Crippen LogP) is 3.69. The highest BCUT2D eigenvalue weighted by atomic mass is 16.5. The first-order chi connectivity index (χ1) is 11.8. The zero-order valence-corrected chi connectivity index (χ0v) is 14.5. The molecule has 1 amide bonds.